The first kappa shape index (κ1) is 15.9. The van der Waals surface area contributed by atoms with Gasteiger partial charge in [-0.25, -0.2) is 4.98 Å². The zero-order chi connectivity index (χ0) is 16.8. The molecule has 0 radical (unpaired) electrons. The van der Waals surface area contributed by atoms with Gasteiger partial charge in [-0.2, -0.15) is 10.1 Å². The summed E-state index contributed by atoms with van der Waals surface area (Å²) in [6.07, 6.45) is 2.93. The zero-order valence-corrected chi connectivity index (χ0v) is 13.3. The van der Waals surface area contributed by atoms with Gasteiger partial charge in [0.25, 0.3) is 0 Å². The number of benzene rings is 1. The van der Waals surface area contributed by atoms with E-state index in [0.717, 1.165) is 6.42 Å². The van der Waals surface area contributed by atoms with Crippen molar-refractivity contribution in [3.8, 4) is 11.6 Å². The number of amides is 1. The van der Waals surface area contributed by atoms with E-state index in [9.17, 15) is 4.79 Å². The highest BCUT2D eigenvalue weighted by atomic mass is 16.5. The Hall–Kier alpha value is -3.03. The van der Waals surface area contributed by atoms with E-state index in [4.69, 9.17) is 4.52 Å². The predicted octanol–water partition coefficient (Wildman–Crippen LogP) is 1.49. The fraction of sp³-hybridized carbons (Fsp3) is 0.312. The van der Waals surface area contributed by atoms with Crippen LogP contribution in [0.25, 0.3) is 11.6 Å². The van der Waals surface area contributed by atoms with Crippen LogP contribution in [0, 0.1) is 0 Å². The summed E-state index contributed by atoms with van der Waals surface area (Å²) < 4.78 is 5.13. The van der Waals surface area contributed by atoms with Crippen LogP contribution in [0.15, 0.2) is 41.2 Å². The number of rotatable bonds is 7. The van der Waals surface area contributed by atoms with Gasteiger partial charge in [-0.15, -0.1) is 0 Å². The molecule has 0 aliphatic carbocycles. The molecule has 0 saturated heterocycles. The Balaban J connectivity index is 1.46. The summed E-state index contributed by atoms with van der Waals surface area (Å²) in [6, 6.07) is 10.1. The summed E-state index contributed by atoms with van der Waals surface area (Å²) >= 11 is 0. The van der Waals surface area contributed by atoms with Crippen LogP contribution in [-0.2, 0) is 17.6 Å². The molecule has 8 heteroatoms. The van der Waals surface area contributed by atoms with Gasteiger partial charge in [0, 0.05) is 26.4 Å². The van der Waals surface area contributed by atoms with Gasteiger partial charge >= 0.3 is 0 Å². The van der Waals surface area contributed by atoms with Gasteiger partial charge in [0.05, 0.1) is 0 Å². The van der Waals surface area contributed by atoms with E-state index < -0.39 is 0 Å². The Morgan fingerprint density at radius 3 is 2.83 bits per heavy atom. The minimum Gasteiger partial charge on any atom is -0.345 e. The zero-order valence-electron chi connectivity index (χ0n) is 13.3. The van der Waals surface area contributed by atoms with Gasteiger partial charge in [0.1, 0.15) is 6.33 Å². The van der Waals surface area contributed by atoms with Gasteiger partial charge in [0.15, 0.2) is 5.82 Å². The lowest BCUT2D eigenvalue weighted by molar-refractivity contribution is -0.129. The molecule has 3 aromatic rings. The Labute approximate surface area is 138 Å². The number of H-pyrrole nitrogens is 1. The van der Waals surface area contributed by atoms with E-state index >= 15 is 0 Å². The number of carbonyl (C=O) groups excluding carboxylic acids is 1. The third kappa shape index (κ3) is 4.03. The second kappa shape index (κ2) is 7.49. The quantitative estimate of drug-likeness (QED) is 0.706. The molecule has 0 atom stereocenters. The average molecular weight is 326 g/mol. The first-order valence-corrected chi connectivity index (χ1v) is 7.68. The van der Waals surface area contributed by atoms with Crippen LogP contribution in [0.5, 0.6) is 0 Å². The van der Waals surface area contributed by atoms with E-state index in [2.05, 4.69) is 37.5 Å². The highest BCUT2D eigenvalue weighted by Gasteiger charge is 2.14. The summed E-state index contributed by atoms with van der Waals surface area (Å²) in [5.74, 6) is 1.24. The van der Waals surface area contributed by atoms with Gasteiger partial charge in [-0.05, 0) is 12.0 Å². The molecule has 0 unspecified atom stereocenters. The van der Waals surface area contributed by atoms with Crippen LogP contribution in [-0.4, -0.2) is 49.7 Å². The minimum absolute atomic E-state index is 0.0466. The molecule has 0 bridgehead atoms. The second-order valence-electron chi connectivity index (χ2n) is 5.40. The summed E-state index contributed by atoms with van der Waals surface area (Å²) in [4.78, 5) is 22.0. The molecule has 0 saturated carbocycles. The van der Waals surface area contributed by atoms with Crippen LogP contribution in [0.4, 0.5) is 0 Å². The third-order valence-corrected chi connectivity index (χ3v) is 3.65. The average Bonchev–Trinajstić information content (AvgIpc) is 3.29. The smallest absolute Gasteiger partial charge is 0.239 e. The molecule has 2 heterocycles. The molecular weight excluding hydrogens is 308 g/mol. The SMILES string of the molecule is CN(CCc1ccccc1)C(=O)CCc1nc(-c2ncn[nH]2)no1. The largest absolute Gasteiger partial charge is 0.345 e. The number of hydrogen-bond acceptors (Lipinski definition) is 6. The molecule has 1 N–H and O–H groups in total. The Morgan fingerprint density at radius 2 is 2.08 bits per heavy atom. The molecule has 24 heavy (non-hydrogen) atoms. The Bertz CT molecular complexity index is 769. The van der Waals surface area contributed by atoms with Crippen LogP contribution < -0.4 is 0 Å². The van der Waals surface area contributed by atoms with Crippen LogP contribution in [0.2, 0.25) is 0 Å². The first-order valence-electron chi connectivity index (χ1n) is 7.68. The van der Waals surface area contributed by atoms with Crippen LogP contribution in [0.1, 0.15) is 17.9 Å². The number of hydrogen-bond donors (Lipinski definition) is 1. The molecule has 0 aliphatic heterocycles. The number of nitrogens with one attached hydrogen (secondary N) is 1. The predicted molar refractivity (Wildman–Crippen MR) is 85.8 cm³/mol. The lowest BCUT2D eigenvalue weighted by atomic mass is 10.1. The molecule has 1 amide bonds. The van der Waals surface area contributed by atoms with Crippen molar-refractivity contribution in [1.29, 1.82) is 0 Å². The molecule has 124 valence electrons. The number of likely N-dealkylation sites (N-methyl/N-ethyl adjacent to an activating group) is 1. The normalized spacial score (nSPS) is 10.7. The van der Waals surface area contributed by atoms with Crippen molar-refractivity contribution < 1.29 is 9.32 Å². The maximum Gasteiger partial charge on any atom is 0.239 e. The number of aromatic nitrogens is 5. The third-order valence-electron chi connectivity index (χ3n) is 3.65. The fourth-order valence-electron chi connectivity index (χ4n) is 2.24. The number of aromatic amines is 1. The Kier molecular flexibility index (Phi) is 4.95. The fourth-order valence-corrected chi connectivity index (χ4v) is 2.24. The van der Waals surface area contributed by atoms with Crippen molar-refractivity contribution in [3.05, 3.63) is 48.1 Å². The van der Waals surface area contributed by atoms with E-state index in [1.54, 1.807) is 11.9 Å². The van der Waals surface area contributed by atoms with Crippen LogP contribution in [0.3, 0.4) is 0 Å². The maximum absolute atomic E-state index is 12.2. The molecule has 0 fully saturated rings. The van der Waals surface area contributed by atoms with Gasteiger partial charge in [0.2, 0.25) is 17.6 Å². The van der Waals surface area contributed by atoms with Gasteiger partial charge in [-0.3, -0.25) is 9.89 Å². The van der Waals surface area contributed by atoms with Crippen molar-refractivity contribution >= 4 is 5.91 Å². The lowest BCUT2D eigenvalue weighted by Crippen LogP contribution is -2.29. The van der Waals surface area contributed by atoms with Crippen molar-refractivity contribution in [3.63, 3.8) is 0 Å². The van der Waals surface area contributed by atoms with Crippen molar-refractivity contribution in [2.45, 2.75) is 19.3 Å². The topological polar surface area (TPSA) is 101 Å². The van der Waals surface area contributed by atoms with Crippen molar-refractivity contribution in [2.75, 3.05) is 13.6 Å². The van der Waals surface area contributed by atoms with Crippen LogP contribution >= 0.6 is 0 Å². The molecule has 2 aromatic heterocycles. The minimum atomic E-state index is 0.0466. The molecule has 0 spiro atoms. The number of nitrogens with zero attached hydrogens (tertiary/aromatic N) is 5. The molecular formula is C16H18N6O2. The van der Waals surface area contributed by atoms with Gasteiger partial charge < -0.3 is 9.42 Å². The van der Waals surface area contributed by atoms with Crippen molar-refractivity contribution in [2.24, 2.45) is 0 Å². The standard InChI is InChI=1S/C16H18N6O2/c1-22(10-9-12-5-3-2-4-6-12)14(23)8-7-13-19-16(21-24-13)15-17-11-18-20-15/h2-6,11H,7-10H2,1H3,(H,17,18,20). The van der Waals surface area contributed by atoms with E-state index in [1.165, 1.54) is 11.9 Å². The summed E-state index contributed by atoms with van der Waals surface area (Å²) in [7, 11) is 1.80. The monoisotopic (exact) mass is 326 g/mol. The number of aryl methyl sites for hydroxylation is 1. The Morgan fingerprint density at radius 1 is 1.25 bits per heavy atom. The maximum atomic E-state index is 12.2. The van der Waals surface area contributed by atoms with Gasteiger partial charge in [-0.1, -0.05) is 35.5 Å². The summed E-state index contributed by atoms with van der Waals surface area (Å²) in [6.45, 7) is 0.677. The van der Waals surface area contributed by atoms with Crippen molar-refractivity contribution in [1.82, 2.24) is 30.2 Å². The second-order valence-corrected chi connectivity index (χ2v) is 5.40. The van der Waals surface area contributed by atoms with E-state index in [1.807, 2.05) is 18.2 Å². The number of carbonyl (C=O) groups is 1. The molecule has 8 nitrogen and oxygen atoms in total. The highest BCUT2D eigenvalue weighted by molar-refractivity contribution is 5.76. The first-order chi connectivity index (χ1) is 11.7. The summed E-state index contributed by atoms with van der Waals surface area (Å²) in [5.41, 5.74) is 1.21. The lowest BCUT2D eigenvalue weighted by Gasteiger charge is -2.16. The molecule has 1 aromatic carbocycles. The van der Waals surface area contributed by atoms with E-state index in [0.29, 0.717) is 36.9 Å². The molecule has 0 aliphatic rings. The van der Waals surface area contributed by atoms with E-state index in [-0.39, 0.29) is 5.91 Å². The summed E-state index contributed by atoms with van der Waals surface area (Å²) in [5, 5.41) is 10.2. The highest BCUT2D eigenvalue weighted by Crippen LogP contribution is 2.10. The molecule has 3 rings (SSSR count).